The van der Waals surface area contributed by atoms with Crippen LogP contribution in [0.5, 0.6) is 0 Å². The zero-order valence-corrected chi connectivity index (χ0v) is 15.6. The third kappa shape index (κ3) is 6.68. The van der Waals surface area contributed by atoms with E-state index in [0.717, 1.165) is 0 Å². The molecule has 0 saturated carbocycles. The van der Waals surface area contributed by atoms with E-state index in [-0.39, 0.29) is 11.3 Å². The minimum absolute atomic E-state index is 0.0137. The SMILES string of the molecule is CNC(=O)COC(=O)[C@H](CCSC)NS(=O)(=O)c1ccc(Cl)cc1. The molecule has 1 aromatic carbocycles. The van der Waals surface area contributed by atoms with Gasteiger partial charge < -0.3 is 10.1 Å². The Balaban J connectivity index is 2.85. The molecular formula is C14H19ClN2O5S2. The number of carbonyl (C=O) groups excluding carboxylic acids is 2. The molecule has 0 aliphatic heterocycles. The normalized spacial score (nSPS) is 12.5. The molecule has 24 heavy (non-hydrogen) atoms. The number of ether oxygens (including phenoxy) is 1. The highest BCUT2D eigenvalue weighted by Gasteiger charge is 2.27. The molecule has 1 atom stereocenters. The lowest BCUT2D eigenvalue weighted by Gasteiger charge is -2.17. The lowest BCUT2D eigenvalue weighted by atomic mass is 10.2. The number of halogens is 1. The molecule has 0 aromatic heterocycles. The van der Waals surface area contributed by atoms with Crippen LogP contribution >= 0.6 is 23.4 Å². The van der Waals surface area contributed by atoms with Crippen LogP contribution in [-0.4, -0.2) is 52.0 Å². The predicted molar refractivity (Wildman–Crippen MR) is 93.6 cm³/mol. The van der Waals surface area contributed by atoms with Gasteiger partial charge in [-0.3, -0.25) is 9.59 Å². The van der Waals surface area contributed by atoms with Gasteiger partial charge in [0.15, 0.2) is 6.61 Å². The fraction of sp³-hybridized carbons (Fsp3) is 0.429. The second-order valence-corrected chi connectivity index (χ2v) is 7.83. The van der Waals surface area contributed by atoms with E-state index in [1.54, 1.807) is 0 Å². The fourth-order valence-corrected chi connectivity index (χ4v) is 3.46. The van der Waals surface area contributed by atoms with Crippen LogP contribution in [0, 0.1) is 0 Å². The van der Waals surface area contributed by atoms with Gasteiger partial charge in [0.1, 0.15) is 6.04 Å². The third-order valence-electron chi connectivity index (χ3n) is 2.94. The van der Waals surface area contributed by atoms with E-state index < -0.39 is 34.5 Å². The number of hydrogen-bond donors (Lipinski definition) is 2. The number of benzene rings is 1. The molecule has 0 heterocycles. The summed E-state index contributed by atoms with van der Waals surface area (Å²) < 4.78 is 31.9. The molecule has 0 bridgehead atoms. The van der Waals surface area contributed by atoms with Gasteiger partial charge in [-0.1, -0.05) is 11.6 Å². The second-order valence-electron chi connectivity index (χ2n) is 4.69. The first-order valence-electron chi connectivity index (χ1n) is 6.94. The number of sulfonamides is 1. The van der Waals surface area contributed by atoms with E-state index in [4.69, 9.17) is 16.3 Å². The summed E-state index contributed by atoms with van der Waals surface area (Å²) in [4.78, 5) is 23.2. The topological polar surface area (TPSA) is 102 Å². The summed E-state index contributed by atoms with van der Waals surface area (Å²) in [6.07, 6.45) is 2.07. The summed E-state index contributed by atoms with van der Waals surface area (Å²) >= 11 is 7.20. The molecule has 2 N–H and O–H groups in total. The summed E-state index contributed by atoms with van der Waals surface area (Å²) in [5, 5.41) is 2.71. The molecule has 0 fully saturated rings. The van der Waals surface area contributed by atoms with Crippen LogP contribution in [0.15, 0.2) is 29.2 Å². The maximum atomic E-state index is 12.4. The minimum atomic E-state index is -3.92. The fourth-order valence-electron chi connectivity index (χ4n) is 1.64. The third-order valence-corrected chi connectivity index (χ3v) is 5.32. The summed E-state index contributed by atoms with van der Waals surface area (Å²) in [6, 6.07) is 4.48. The van der Waals surface area contributed by atoms with Crippen LogP contribution in [0.4, 0.5) is 0 Å². The molecule has 0 spiro atoms. The van der Waals surface area contributed by atoms with Crippen LogP contribution in [0.3, 0.4) is 0 Å². The van der Waals surface area contributed by atoms with Crippen molar-refractivity contribution in [2.24, 2.45) is 0 Å². The molecule has 0 radical (unpaired) electrons. The van der Waals surface area contributed by atoms with Gasteiger partial charge in [0.25, 0.3) is 5.91 Å². The minimum Gasteiger partial charge on any atom is -0.454 e. The molecule has 0 aliphatic carbocycles. The predicted octanol–water partition coefficient (Wildman–Crippen LogP) is 1.03. The molecule has 0 aliphatic rings. The Morgan fingerprint density at radius 3 is 2.46 bits per heavy atom. The first-order valence-corrected chi connectivity index (χ1v) is 10.2. The highest BCUT2D eigenvalue weighted by Crippen LogP contribution is 2.15. The molecule has 1 rings (SSSR count). The standard InChI is InChI=1S/C14H19ClN2O5S2/c1-16-13(18)9-22-14(19)12(7-8-23-2)17-24(20,21)11-5-3-10(15)4-6-11/h3-6,12,17H,7-9H2,1-2H3,(H,16,18)/t12-/m0/s1. The van der Waals surface area contributed by atoms with Gasteiger partial charge in [-0.05, 0) is 42.7 Å². The maximum Gasteiger partial charge on any atom is 0.324 e. The summed E-state index contributed by atoms with van der Waals surface area (Å²) in [6.45, 7) is -0.465. The van der Waals surface area contributed by atoms with Crippen molar-refractivity contribution in [3.8, 4) is 0 Å². The zero-order valence-electron chi connectivity index (χ0n) is 13.2. The zero-order chi connectivity index (χ0) is 18.2. The van der Waals surface area contributed by atoms with Gasteiger partial charge in [0.05, 0.1) is 4.90 Å². The molecule has 1 amide bonds. The average Bonchev–Trinajstić information content (AvgIpc) is 2.56. The molecule has 7 nitrogen and oxygen atoms in total. The van der Waals surface area contributed by atoms with Crippen molar-refractivity contribution in [2.75, 3.05) is 25.7 Å². The van der Waals surface area contributed by atoms with Crippen LogP contribution < -0.4 is 10.0 Å². The largest absolute Gasteiger partial charge is 0.454 e. The van der Waals surface area contributed by atoms with E-state index in [0.29, 0.717) is 10.8 Å². The van der Waals surface area contributed by atoms with Crippen molar-refractivity contribution in [2.45, 2.75) is 17.4 Å². The van der Waals surface area contributed by atoms with E-state index in [1.165, 1.54) is 43.1 Å². The molecule has 1 aromatic rings. The number of thioether (sulfide) groups is 1. The van der Waals surface area contributed by atoms with Crippen molar-refractivity contribution >= 4 is 45.3 Å². The smallest absolute Gasteiger partial charge is 0.324 e. The highest BCUT2D eigenvalue weighted by molar-refractivity contribution is 7.98. The Kier molecular flexibility index (Phi) is 8.54. The van der Waals surface area contributed by atoms with E-state index in [9.17, 15) is 18.0 Å². The van der Waals surface area contributed by atoms with Crippen LogP contribution in [0.1, 0.15) is 6.42 Å². The number of likely N-dealkylation sites (N-methyl/N-ethyl adjacent to an activating group) is 1. The summed E-state index contributed by atoms with van der Waals surface area (Å²) in [5.74, 6) is -0.735. The summed E-state index contributed by atoms with van der Waals surface area (Å²) in [5.41, 5.74) is 0. The Hall–Kier alpha value is -1.29. The van der Waals surface area contributed by atoms with Crippen LogP contribution in [-0.2, 0) is 24.3 Å². The average molecular weight is 395 g/mol. The van der Waals surface area contributed by atoms with E-state index in [2.05, 4.69) is 10.0 Å². The number of nitrogens with one attached hydrogen (secondary N) is 2. The number of amides is 1. The lowest BCUT2D eigenvalue weighted by molar-refractivity contribution is -0.150. The Bertz CT molecular complexity index is 664. The molecule has 10 heteroatoms. The first kappa shape index (κ1) is 20.8. The van der Waals surface area contributed by atoms with Crippen molar-refractivity contribution in [3.63, 3.8) is 0 Å². The Morgan fingerprint density at radius 2 is 1.92 bits per heavy atom. The van der Waals surface area contributed by atoms with Gasteiger partial charge in [0, 0.05) is 12.1 Å². The number of carbonyl (C=O) groups is 2. The molecule has 0 unspecified atom stereocenters. The maximum absolute atomic E-state index is 12.4. The van der Waals surface area contributed by atoms with Gasteiger partial charge in [-0.25, -0.2) is 8.42 Å². The van der Waals surface area contributed by atoms with E-state index >= 15 is 0 Å². The molecule has 134 valence electrons. The number of rotatable bonds is 9. The van der Waals surface area contributed by atoms with Crippen molar-refractivity contribution < 1.29 is 22.7 Å². The highest BCUT2D eigenvalue weighted by atomic mass is 35.5. The molecule has 0 saturated heterocycles. The Morgan fingerprint density at radius 1 is 1.29 bits per heavy atom. The number of hydrogen-bond acceptors (Lipinski definition) is 6. The van der Waals surface area contributed by atoms with Crippen LogP contribution in [0.25, 0.3) is 0 Å². The van der Waals surface area contributed by atoms with Gasteiger partial charge in [-0.2, -0.15) is 16.5 Å². The van der Waals surface area contributed by atoms with Crippen molar-refractivity contribution in [3.05, 3.63) is 29.3 Å². The molecular weight excluding hydrogens is 376 g/mol. The van der Waals surface area contributed by atoms with E-state index in [1.807, 2.05) is 6.26 Å². The monoisotopic (exact) mass is 394 g/mol. The first-order chi connectivity index (χ1) is 11.3. The Labute approximate surface area is 150 Å². The van der Waals surface area contributed by atoms with Crippen LogP contribution in [0.2, 0.25) is 5.02 Å². The number of esters is 1. The second kappa shape index (κ2) is 9.87. The lowest BCUT2D eigenvalue weighted by Crippen LogP contribution is -2.43. The van der Waals surface area contributed by atoms with Crippen molar-refractivity contribution in [1.82, 2.24) is 10.0 Å². The van der Waals surface area contributed by atoms with Gasteiger partial charge in [0.2, 0.25) is 10.0 Å². The van der Waals surface area contributed by atoms with Gasteiger partial charge in [-0.15, -0.1) is 0 Å². The summed E-state index contributed by atoms with van der Waals surface area (Å²) in [7, 11) is -2.51. The quantitative estimate of drug-likeness (QED) is 0.606. The van der Waals surface area contributed by atoms with Gasteiger partial charge >= 0.3 is 5.97 Å². The van der Waals surface area contributed by atoms with Crippen molar-refractivity contribution in [1.29, 1.82) is 0 Å².